The zero-order valence-electron chi connectivity index (χ0n) is 22.4. The molecule has 0 aliphatic carbocycles. The summed E-state index contributed by atoms with van der Waals surface area (Å²) in [6, 6.07) is 1.25. The van der Waals surface area contributed by atoms with E-state index in [2.05, 4.69) is 11.9 Å². The van der Waals surface area contributed by atoms with Crippen LogP contribution in [0.4, 0.5) is 0 Å². The monoisotopic (exact) mass is 508 g/mol. The highest BCUT2D eigenvalue weighted by atomic mass is 16.6. The van der Waals surface area contributed by atoms with Gasteiger partial charge in [-0.15, -0.1) is 0 Å². The second-order valence-corrected chi connectivity index (χ2v) is 10.2. The summed E-state index contributed by atoms with van der Waals surface area (Å²) in [5, 5.41) is 9.61. The van der Waals surface area contributed by atoms with Gasteiger partial charge in [0.25, 0.3) is 5.56 Å². The third kappa shape index (κ3) is 10.7. The van der Waals surface area contributed by atoms with E-state index in [4.69, 9.17) is 9.47 Å². The Morgan fingerprint density at radius 3 is 2.11 bits per heavy atom. The maximum atomic E-state index is 12.3. The Kier molecular flexibility index (Phi) is 14.9. The summed E-state index contributed by atoms with van der Waals surface area (Å²) in [6.45, 7) is 4.18. The van der Waals surface area contributed by atoms with E-state index in [9.17, 15) is 19.5 Å². The SMILES string of the molecule is CCCCCCCCCCCCCCCC(=O)CCO[C@@H]1[C@H](C)[C@@H](CO)O[C@H]1n1ccc(=O)[nH]c1=O. The first-order valence-corrected chi connectivity index (χ1v) is 14.2. The number of aromatic nitrogens is 2. The Bertz CT molecular complexity index is 851. The molecule has 2 N–H and O–H groups in total. The van der Waals surface area contributed by atoms with Crippen LogP contribution in [0.3, 0.4) is 0 Å². The summed E-state index contributed by atoms with van der Waals surface area (Å²) in [4.78, 5) is 38.1. The number of ketones is 1. The molecule has 1 aromatic heterocycles. The summed E-state index contributed by atoms with van der Waals surface area (Å²) in [6.07, 6.45) is 17.1. The molecule has 206 valence electrons. The molecule has 8 nitrogen and oxygen atoms in total. The number of nitrogens with one attached hydrogen (secondary N) is 1. The molecule has 1 aliphatic rings. The average Bonchev–Trinajstić information content (AvgIpc) is 3.17. The van der Waals surface area contributed by atoms with E-state index in [0.717, 1.165) is 12.8 Å². The second kappa shape index (κ2) is 17.6. The van der Waals surface area contributed by atoms with Gasteiger partial charge in [-0.1, -0.05) is 90.9 Å². The molecule has 1 fully saturated rings. The maximum absolute atomic E-state index is 12.3. The minimum Gasteiger partial charge on any atom is -0.394 e. The predicted octanol–water partition coefficient (Wildman–Crippen LogP) is 4.89. The molecule has 0 saturated carbocycles. The van der Waals surface area contributed by atoms with Crippen LogP contribution in [0, 0.1) is 5.92 Å². The number of hydrogen-bond donors (Lipinski definition) is 2. The fourth-order valence-electron chi connectivity index (χ4n) is 4.92. The van der Waals surface area contributed by atoms with Gasteiger partial charge in [0, 0.05) is 31.0 Å². The lowest BCUT2D eigenvalue weighted by atomic mass is 10.0. The van der Waals surface area contributed by atoms with Crippen LogP contribution in [-0.4, -0.2) is 45.9 Å². The van der Waals surface area contributed by atoms with Crippen LogP contribution in [0.15, 0.2) is 21.9 Å². The van der Waals surface area contributed by atoms with Crippen LogP contribution in [0.5, 0.6) is 0 Å². The molecule has 1 aromatic rings. The lowest BCUT2D eigenvalue weighted by Gasteiger charge is -2.22. The first-order valence-electron chi connectivity index (χ1n) is 14.2. The summed E-state index contributed by atoms with van der Waals surface area (Å²) in [5.74, 6) is 0.0103. The van der Waals surface area contributed by atoms with Crippen molar-refractivity contribution in [1.29, 1.82) is 0 Å². The molecule has 1 aliphatic heterocycles. The van der Waals surface area contributed by atoms with Crippen LogP contribution in [-0.2, 0) is 14.3 Å². The number of nitrogens with zero attached hydrogens (tertiary/aromatic N) is 1. The van der Waals surface area contributed by atoms with E-state index in [1.807, 2.05) is 6.92 Å². The Morgan fingerprint density at radius 2 is 1.56 bits per heavy atom. The molecule has 2 rings (SSSR count). The molecular formula is C28H48N2O6. The number of hydrogen-bond acceptors (Lipinski definition) is 6. The minimum absolute atomic E-state index is 0.171. The van der Waals surface area contributed by atoms with Gasteiger partial charge in [-0.2, -0.15) is 0 Å². The van der Waals surface area contributed by atoms with E-state index < -0.39 is 29.7 Å². The second-order valence-electron chi connectivity index (χ2n) is 10.2. The number of aliphatic hydroxyl groups is 1. The van der Waals surface area contributed by atoms with Crippen molar-refractivity contribution in [3.63, 3.8) is 0 Å². The Morgan fingerprint density at radius 1 is 0.972 bits per heavy atom. The Balaban J connectivity index is 1.58. The number of Topliss-reactive ketones (excluding diaryl/α,β-unsaturated/α-hetero) is 1. The average molecular weight is 509 g/mol. The first kappa shape index (κ1) is 30.5. The van der Waals surface area contributed by atoms with Gasteiger partial charge >= 0.3 is 5.69 Å². The highest BCUT2D eigenvalue weighted by Gasteiger charge is 2.43. The fraction of sp³-hybridized carbons (Fsp3) is 0.821. The summed E-state index contributed by atoms with van der Waals surface area (Å²) in [7, 11) is 0. The van der Waals surface area contributed by atoms with Crippen LogP contribution >= 0.6 is 0 Å². The fourth-order valence-corrected chi connectivity index (χ4v) is 4.92. The number of unbranched alkanes of at least 4 members (excludes halogenated alkanes) is 12. The Hall–Kier alpha value is -1.77. The van der Waals surface area contributed by atoms with E-state index in [0.29, 0.717) is 12.8 Å². The molecular weight excluding hydrogens is 460 g/mol. The predicted molar refractivity (Wildman–Crippen MR) is 141 cm³/mol. The van der Waals surface area contributed by atoms with Gasteiger partial charge in [-0.3, -0.25) is 19.1 Å². The van der Waals surface area contributed by atoms with Crippen molar-refractivity contribution in [2.75, 3.05) is 13.2 Å². The zero-order valence-corrected chi connectivity index (χ0v) is 22.4. The molecule has 0 amide bonds. The largest absolute Gasteiger partial charge is 0.394 e. The van der Waals surface area contributed by atoms with Gasteiger partial charge in [0.15, 0.2) is 6.23 Å². The summed E-state index contributed by atoms with van der Waals surface area (Å²) in [5.41, 5.74) is -1.08. The van der Waals surface area contributed by atoms with Crippen molar-refractivity contribution < 1.29 is 19.4 Å². The molecule has 0 unspecified atom stereocenters. The number of aromatic amines is 1. The molecule has 36 heavy (non-hydrogen) atoms. The first-order chi connectivity index (χ1) is 17.5. The third-order valence-electron chi connectivity index (χ3n) is 7.26. The van der Waals surface area contributed by atoms with Crippen LogP contribution in [0.1, 0.15) is 116 Å². The third-order valence-corrected chi connectivity index (χ3v) is 7.26. The summed E-state index contributed by atoms with van der Waals surface area (Å²) >= 11 is 0. The van der Waals surface area contributed by atoms with Gasteiger partial charge in [-0.25, -0.2) is 4.79 Å². The van der Waals surface area contributed by atoms with Crippen LogP contribution in [0.2, 0.25) is 0 Å². The standard InChI is InChI=1S/C28H48N2O6/c1-3-4-5-6-7-8-9-10-11-12-13-14-15-16-23(32)18-20-35-26-22(2)24(21-31)36-27(26)30-19-17-25(33)29-28(30)34/h17,19,22,24,26-27,31H,3-16,18,20-21H2,1-2H3,(H,29,33,34)/t22-,24-,26-,27-/m1/s1. The van der Waals surface area contributed by atoms with Crippen molar-refractivity contribution in [3.8, 4) is 0 Å². The van der Waals surface area contributed by atoms with Gasteiger partial charge < -0.3 is 14.6 Å². The minimum atomic E-state index is -0.766. The number of ether oxygens (including phenoxy) is 2. The van der Waals surface area contributed by atoms with Gasteiger partial charge in [-0.05, 0) is 6.42 Å². The van der Waals surface area contributed by atoms with E-state index >= 15 is 0 Å². The number of carbonyl (C=O) groups is 1. The molecule has 1 saturated heterocycles. The molecule has 0 radical (unpaired) electrons. The van der Waals surface area contributed by atoms with Crippen LogP contribution in [0.25, 0.3) is 0 Å². The number of aliphatic hydroxyl groups excluding tert-OH is 1. The normalized spacial score (nSPS) is 21.8. The van der Waals surface area contributed by atoms with Gasteiger partial charge in [0.2, 0.25) is 0 Å². The topological polar surface area (TPSA) is 111 Å². The molecule has 0 spiro atoms. The molecule has 8 heteroatoms. The molecule has 2 heterocycles. The van der Waals surface area contributed by atoms with Crippen molar-refractivity contribution in [2.24, 2.45) is 5.92 Å². The molecule has 0 aromatic carbocycles. The van der Waals surface area contributed by atoms with Gasteiger partial charge in [0.05, 0.1) is 19.3 Å². The quantitative estimate of drug-likeness (QED) is 0.243. The van der Waals surface area contributed by atoms with Crippen molar-refractivity contribution in [1.82, 2.24) is 9.55 Å². The van der Waals surface area contributed by atoms with Crippen molar-refractivity contribution >= 4 is 5.78 Å². The highest BCUT2D eigenvalue weighted by Crippen LogP contribution is 2.35. The smallest absolute Gasteiger partial charge is 0.330 e. The summed E-state index contributed by atoms with van der Waals surface area (Å²) < 4.78 is 13.1. The molecule has 4 atom stereocenters. The zero-order chi connectivity index (χ0) is 26.2. The number of carbonyl (C=O) groups excluding carboxylic acids is 1. The highest BCUT2D eigenvalue weighted by molar-refractivity contribution is 5.78. The van der Waals surface area contributed by atoms with Crippen molar-refractivity contribution in [2.45, 2.75) is 129 Å². The molecule has 0 bridgehead atoms. The van der Waals surface area contributed by atoms with Crippen molar-refractivity contribution in [3.05, 3.63) is 33.1 Å². The maximum Gasteiger partial charge on any atom is 0.330 e. The lowest BCUT2D eigenvalue weighted by Crippen LogP contribution is -2.37. The van der Waals surface area contributed by atoms with E-state index in [1.54, 1.807) is 0 Å². The Labute approximate surface area is 215 Å². The number of H-pyrrole nitrogens is 1. The lowest BCUT2D eigenvalue weighted by molar-refractivity contribution is -0.122. The van der Waals surface area contributed by atoms with Gasteiger partial charge in [0.1, 0.15) is 11.9 Å². The van der Waals surface area contributed by atoms with Crippen LogP contribution < -0.4 is 11.2 Å². The van der Waals surface area contributed by atoms with E-state index in [1.165, 1.54) is 87.5 Å². The van der Waals surface area contributed by atoms with E-state index in [-0.39, 0.29) is 24.9 Å². The number of rotatable bonds is 20.